The van der Waals surface area contributed by atoms with Gasteiger partial charge in [-0.25, -0.2) is 0 Å². The Bertz CT molecular complexity index is 752. The molecular formula is C17H20N2O4. The van der Waals surface area contributed by atoms with Gasteiger partial charge >= 0.3 is 5.97 Å². The third kappa shape index (κ3) is 3.07. The lowest BCUT2D eigenvalue weighted by molar-refractivity contribution is -0.138. The first kappa shape index (κ1) is 15.6. The van der Waals surface area contributed by atoms with Gasteiger partial charge in [-0.2, -0.15) is 0 Å². The molecule has 0 bridgehead atoms. The maximum absolute atomic E-state index is 12.8. The number of carbonyl (C=O) groups excluding carboxylic acids is 1. The van der Waals surface area contributed by atoms with Crippen molar-refractivity contribution in [3.05, 3.63) is 35.5 Å². The Morgan fingerprint density at radius 2 is 2.17 bits per heavy atom. The van der Waals surface area contributed by atoms with E-state index in [1.54, 1.807) is 12.0 Å². The number of likely N-dealkylation sites (tertiary alicyclic amines) is 1. The zero-order chi connectivity index (χ0) is 16.6. The molecule has 1 amide bonds. The van der Waals surface area contributed by atoms with Crippen LogP contribution >= 0.6 is 0 Å². The van der Waals surface area contributed by atoms with Gasteiger partial charge in [-0.15, -0.1) is 0 Å². The van der Waals surface area contributed by atoms with Crippen LogP contribution in [0.4, 0.5) is 0 Å². The van der Waals surface area contributed by atoms with E-state index in [4.69, 9.17) is 9.84 Å². The summed E-state index contributed by atoms with van der Waals surface area (Å²) in [7, 11) is 1.59. The van der Waals surface area contributed by atoms with Crippen molar-refractivity contribution in [1.82, 2.24) is 9.88 Å². The summed E-state index contributed by atoms with van der Waals surface area (Å²) < 4.78 is 5.32. The smallest absolute Gasteiger partial charge is 0.305 e. The molecule has 2 unspecified atom stereocenters. The predicted molar refractivity (Wildman–Crippen MR) is 85.5 cm³/mol. The highest BCUT2D eigenvalue weighted by molar-refractivity contribution is 5.98. The lowest BCUT2D eigenvalue weighted by atomic mass is 10.1. The van der Waals surface area contributed by atoms with Gasteiger partial charge in [0.15, 0.2) is 0 Å². The number of carboxylic acid groups (broad SMARTS) is 1. The molecule has 6 heteroatoms. The quantitative estimate of drug-likeness (QED) is 0.905. The van der Waals surface area contributed by atoms with Crippen LogP contribution in [0.2, 0.25) is 0 Å². The Balaban J connectivity index is 1.88. The highest BCUT2D eigenvalue weighted by atomic mass is 16.5. The van der Waals surface area contributed by atoms with Crippen LogP contribution in [0.3, 0.4) is 0 Å². The second kappa shape index (κ2) is 6.04. The molecule has 3 rings (SSSR count). The highest BCUT2D eigenvalue weighted by Gasteiger charge is 2.37. The number of hydrogen-bond donors (Lipinski definition) is 2. The number of carboxylic acids is 1. The molecule has 0 spiro atoms. The van der Waals surface area contributed by atoms with E-state index in [2.05, 4.69) is 4.98 Å². The van der Waals surface area contributed by atoms with Crippen LogP contribution in [0.1, 0.15) is 28.9 Å². The summed E-state index contributed by atoms with van der Waals surface area (Å²) in [6.45, 7) is 2.41. The van der Waals surface area contributed by atoms with Crippen LogP contribution in [-0.2, 0) is 9.53 Å². The highest BCUT2D eigenvalue weighted by Crippen LogP contribution is 2.26. The van der Waals surface area contributed by atoms with E-state index >= 15 is 0 Å². The second-order valence-corrected chi connectivity index (χ2v) is 6.08. The maximum Gasteiger partial charge on any atom is 0.305 e. The summed E-state index contributed by atoms with van der Waals surface area (Å²) in [5.41, 5.74) is 2.51. The van der Waals surface area contributed by atoms with Gasteiger partial charge in [-0.3, -0.25) is 9.59 Å². The Morgan fingerprint density at radius 3 is 2.87 bits per heavy atom. The average Bonchev–Trinajstić information content (AvgIpc) is 3.09. The van der Waals surface area contributed by atoms with Crippen molar-refractivity contribution in [2.45, 2.75) is 31.9 Å². The minimum absolute atomic E-state index is 0.0645. The molecule has 122 valence electrons. The molecule has 1 saturated heterocycles. The van der Waals surface area contributed by atoms with E-state index in [0.29, 0.717) is 18.7 Å². The third-order valence-corrected chi connectivity index (χ3v) is 4.39. The van der Waals surface area contributed by atoms with E-state index in [1.807, 2.05) is 31.2 Å². The number of nitrogens with one attached hydrogen (secondary N) is 1. The lowest BCUT2D eigenvalue weighted by Gasteiger charge is -2.22. The molecule has 1 aliphatic heterocycles. The number of aromatic nitrogens is 1. The number of benzene rings is 1. The van der Waals surface area contributed by atoms with Gasteiger partial charge < -0.3 is 19.7 Å². The second-order valence-electron chi connectivity index (χ2n) is 6.08. The molecule has 23 heavy (non-hydrogen) atoms. The Hall–Kier alpha value is -2.34. The summed E-state index contributed by atoms with van der Waals surface area (Å²) in [6.07, 6.45) is 0.369. The van der Waals surface area contributed by atoms with Gasteiger partial charge in [0, 0.05) is 30.6 Å². The van der Waals surface area contributed by atoms with Crippen molar-refractivity contribution in [3.63, 3.8) is 0 Å². The molecule has 2 N–H and O–H groups in total. The van der Waals surface area contributed by atoms with Crippen LogP contribution in [0, 0.1) is 6.92 Å². The number of nitrogens with zero attached hydrogens (tertiary/aromatic N) is 1. The molecule has 1 fully saturated rings. The van der Waals surface area contributed by atoms with Gasteiger partial charge in [0.25, 0.3) is 5.91 Å². The molecule has 0 radical (unpaired) electrons. The molecule has 1 aliphatic rings. The van der Waals surface area contributed by atoms with Gasteiger partial charge in [-0.05, 0) is 31.0 Å². The molecule has 0 saturated carbocycles. The van der Waals surface area contributed by atoms with E-state index < -0.39 is 5.97 Å². The number of carbonyl (C=O) groups is 2. The fourth-order valence-corrected chi connectivity index (χ4v) is 3.20. The van der Waals surface area contributed by atoms with Crippen LogP contribution in [-0.4, -0.2) is 52.7 Å². The molecule has 2 heterocycles. The number of ether oxygens (including phenoxy) is 1. The van der Waals surface area contributed by atoms with Crippen LogP contribution in [0.5, 0.6) is 0 Å². The summed E-state index contributed by atoms with van der Waals surface area (Å²) in [4.78, 5) is 28.6. The molecule has 1 aromatic heterocycles. The average molecular weight is 316 g/mol. The molecule has 1 aromatic carbocycles. The number of aliphatic carboxylic acids is 1. The molecular weight excluding hydrogens is 296 g/mol. The summed E-state index contributed by atoms with van der Waals surface area (Å²) in [5.74, 6) is -1.08. The largest absolute Gasteiger partial charge is 0.481 e. The topological polar surface area (TPSA) is 82.6 Å². The number of hydrogen-bond acceptors (Lipinski definition) is 3. The summed E-state index contributed by atoms with van der Waals surface area (Å²) in [5, 5.41) is 10.0. The van der Waals surface area contributed by atoms with Crippen molar-refractivity contribution in [2.24, 2.45) is 0 Å². The Morgan fingerprint density at radius 1 is 1.39 bits per heavy atom. The first-order valence-corrected chi connectivity index (χ1v) is 7.63. The van der Waals surface area contributed by atoms with Crippen molar-refractivity contribution < 1.29 is 19.4 Å². The number of H-pyrrole nitrogens is 1. The first-order valence-electron chi connectivity index (χ1n) is 7.63. The van der Waals surface area contributed by atoms with Gasteiger partial charge in [0.05, 0.1) is 12.5 Å². The number of aryl methyl sites for hydroxylation is 1. The van der Waals surface area contributed by atoms with Crippen LogP contribution in [0.25, 0.3) is 10.9 Å². The van der Waals surface area contributed by atoms with Gasteiger partial charge in [0.2, 0.25) is 0 Å². The van der Waals surface area contributed by atoms with E-state index in [1.165, 1.54) is 0 Å². The van der Waals surface area contributed by atoms with Gasteiger partial charge in [-0.1, -0.05) is 12.1 Å². The molecule has 2 aromatic rings. The standard InChI is InChI=1S/C17H20N2O4/c1-10-3-4-11-6-15(18-14(11)5-10)17(22)19-9-13(23-2)7-12(19)8-16(20)21/h3-6,12-13,18H,7-9H2,1-2H3,(H,20,21). The fraction of sp³-hybridized carbons (Fsp3) is 0.412. The zero-order valence-corrected chi connectivity index (χ0v) is 13.2. The summed E-state index contributed by atoms with van der Waals surface area (Å²) in [6, 6.07) is 7.43. The third-order valence-electron chi connectivity index (χ3n) is 4.39. The molecule has 6 nitrogen and oxygen atoms in total. The fourth-order valence-electron chi connectivity index (χ4n) is 3.20. The molecule has 2 atom stereocenters. The van der Waals surface area contributed by atoms with Crippen molar-refractivity contribution in [2.75, 3.05) is 13.7 Å². The molecule has 0 aliphatic carbocycles. The Labute approximate surface area is 134 Å². The predicted octanol–water partition coefficient (Wildman–Crippen LogP) is 2.18. The lowest BCUT2D eigenvalue weighted by Crippen LogP contribution is -2.37. The van der Waals surface area contributed by atoms with Gasteiger partial charge in [0.1, 0.15) is 5.69 Å². The maximum atomic E-state index is 12.8. The SMILES string of the molecule is COC1CC(CC(=O)O)N(C(=O)c2cc3ccc(C)cc3[nH]2)C1. The van der Waals surface area contributed by atoms with E-state index in [-0.39, 0.29) is 24.5 Å². The van der Waals surface area contributed by atoms with Crippen LogP contribution < -0.4 is 0 Å². The first-order chi connectivity index (χ1) is 11.0. The van der Waals surface area contributed by atoms with E-state index in [9.17, 15) is 9.59 Å². The van der Waals surface area contributed by atoms with Crippen molar-refractivity contribution in [1.29, 1.82) is 0 Å². The van der Waals surface area contributed by atoms with Crippen LogP contribution in [0.15, 0.2) is 24.3 Å². The number of rotatable bonds is 4. The van der Waals surface area contributed by atoms with Crippen molar-refractivity contribution >= 4 is 22.8 Å². The minimum atomic E-state index is -0.906. The normalized spacial score (nSPS) is 21.0. The Kier molecular flexibility index (Phi) is 4.09. The number of fused-ring (bicyclic) bond motifs is 1. The number of methoxy groups -OCH3 is 1. The number of amides is 1. The van der Waals surface area contributed by atoms with Crippen molar-refractivity contribution in [3.8, 4) is 0 Å². The zero-order valence-electron chi connectivity index (χ0n) is 13.2. The minimum Gasteiger partial charge on any atom is -0.481 e. The number of aromatic amines is 1. The summed E-state index contributed by atoms with van der Waals surface area (Å²) >= 11 is 0. The monoisotopic (exact) mass is 316 g/mol. The van der Waals surface area contributed by atoms with E-state index in [0.717, 1.165) is 16.5 Å².